The minimum atomic E-state index is -0.0842. The van der Waals surface area contributed by atoms with Crippen LogP contribution in [0.5, 0.6) is 5.75 Å². The molecule has 0 fully saturated rings. The Morgan fingerprint density at radius 1 is 1.23 bits per heavy atom. The van der Waals surface area contributed by atoms with Crippen molar-refractivity contribution < 1.29 is 14.1 Å². The molecule has 26 heavy (non-hydrogen) atoms. The van der Waals surface area contributed by atoms with Crippen molar-refractivity contribution in [2.45, 2.75) is 19.4 Å². The van der Waals surface area contributed by atoms with Crippen LogP contribution in [-0.4, -0.2) is 23.2 Å². The van der Waals surface area contributed by atoms with E-state index in [-0.39, 0.29) is 12.3 Å². The molecule has 1 aromatic heterocycles. The molecule has 1 heterocycles. The third kappa shape index (κ3) is 4.83. The first-order valence-corrected chi connectivity index (χ1v) is 8.50. The molecule has 6 nitrogen and oxygen atoms in total. The van der Waals surface area contributed by atoms with Gasteiger partial charge in [-0.2, -0.15) is 4.98 Å². The number of carbonyl (C=O) groups excluding carboxylic acids is 1. The average molecular weight is 372 g/mol. The number of amides is 1. The maximum absolute atomic E-state index is 12.0. The highest BCUT2D eigenvalue weighted by Crippen LogP contribution is 2.19. The largest absolute Gasteiger partial charge is 0.497 e. The summed E-state index contributed by atoms with van der Waals surface area (Å²) in [5.74, 6) is 1.58. The highest BCUT2D eigenvalue weighted by atomic mass is 35.5. The summed E-state index contributed by atoms with van der Waals surface area (Å²) in [6.07, 6.45) is 0.650. The molecule has 0 unspecified atom stereocenters. The summed E-state index contributed by atoms with van der Waals surface area (Å²) in [5, 5.41) is 7.44. The lowest BCUT2D eigenvalue weighted by Gasteiger charge is -2.06. The van der Waals surface area contributed by atoms with E-state index in [1.165, 1.54) is 0 Å². The van der Waals surface area contributed by atoms with E-state index in [0.29, 0.717) is 29.7 Å². The van der Waals surface area contributed by atoms with Crippen LogP contribution in [0, 0.1) is 0 Å². The fraction of sp³-hybridized carbons (Fsp3) is 0.211. The third-order valence-corrected chi connectivity index (χ3v) is 4.01. The van der Waals surface area contributed by atoms with Crippen LogP contribution in [0.15, 0.2) is 53.1 Å². The lowest BCUT2D eigenvalue weighted by atomic mass is 10.2. The first kappa shape index (κ1) is 17.9. The van der Waals surface area contributed by atoms with Crippen LogP contribution in [0.1, 0.15) is 17.9 Å². The Bertz CT molecular complexity index is 878. The third-order valence-electron chi connectivity index (χ3n) is 3.76. The number of aryl methyl sites for hydroxylation is 1. The van der Waals surface area contributed by atoms with E-state index >= 15 is 0 Å². The number of hydrogen-bond donors (Lipinski definition) is 1. The lowest BCUT2D eigenvalue weighted by molar-refractivity contribution is -0.121. The Labute approximate surface area is 156 Å². The Balaban J connectivity index is 1.49. The van der Waals surface area contributed by atoms with Crippen LogP contribution >= 0.6 is 11.6 Å². The van der Waals surface area contributed by atoms with E-state index in [0.717, 1.165) is 16.9 Å². The number of halogens is 1. The van der Waals surface area contributed by atoms with E-state index in [9.17, 15) is 4.79 Å². The zero-order valence-corrected chi connectivity index (χ0v) is 15.0. The van der Waals surface area contributed by atoms with Gasteiger partial charge in [0.2, 0.25) is 17.6 Å². The Morgan fingerprint density at radius 2 is 2.04 bits per heavy atom. The zero-order chi connectivity index (χ0) is 18.4. The first-order valence-electron chi connectivity index (χ1n) is 8.12. The quantitative estimate of drug-likeness (QED) is 0.686. The number of benzene rings is 2. The maximum Gasteiger partial charge on any atom is 0.227 e. The smallest absolute Gasteiger partial charge is 0.227 e. The number of nitrogens with zero attached hydrogens (tertiary/aromatic N) is 2. The minimum absolute atomic E-state index is 0.0842. The molecular formula is C19H18ClN3O3. The number of carbonyl (C=O) groups is 1. The van der Waals surface area contributed by atoms with Crippen molar-refractivity contribution in [2.24, 2.45) is 0 Å². The SMILES string of the molecule is COc1cccc(CNC(=O)CCc2nc(-c3ccc(Cl)cc3)no2)c1. The van der Waals surface area contributed by atoms with Gasteiger partial charge >= 0.3 is 0 Å². The number of hydrogen-bond acceptors (Lipinski definition) is 5. The van der Waals surface area contributed by atoms with Gasteiger partial charge in [0.25, 0.3) is 0 Å². The topological polar surface area (TPSA) is 77.2 Å². The molecule has 3 rings (SSSR count). The monoisotopic (exact) mass is 371 g/mol. The van der Waals surface area contributed by atoms with Gasteiger partial charge in [0, 0.05) is 30.0 Å². The second kappa shape index (κ2) is 8.49. The van der Waals surface area contributed by atoms with Gasteiger partial charge in [0.05, 0.1) is 7.11 Å². The van der Waals surface area contributed by atoms with Gasteiger partial charge in [-0.25, -0.2) is 0 Å². The van der Waals surface area contributed by atoms with Crippen molar-refractivity contribution in [2.75, 3.05) is 7.11 Å². The second-order valence-corrected chi connectivity index (χ2v) is 6.08. The standard InChI is InChI=1S/C19H18ClN3O3/c1-25-16-4-2-3-13(11-16)12-21-17(24)9-10-18-22-19(23-26-18)14-5-7-15(20)8-6-14/h2-8,11H,9-10,12H2,1H3,(H,21,24). The first-order chi connectivity index (χ1) is 12.6. The predicted molar refractivity (Wildman–Crippen MR) is 97.9 cm³/mol. The summed E-state index contributed by atoms with van der Waals surface area (Å²) in [6.45, 7) is 0.440. The van der Waals surface area contributed by atoms with Gasteiger partial charge < -0.3 is 14.6 Å². The number of ether oxygens (including phenoxy) is 1. The summed E-state index contributed by atoms with van der Waals surface area (Å²) in [4.78, 5) is 16.3. The highest BCUT2D eigenvalue weighted by molar-refractivity contribution is 6.30. The van der Waals surface area contributed by atoms with Crippen LogP contribution in [0.2, 0.25) is 5.02 Å². The normalized spacial score (nSPS) is 10.5. The molecule has 1 N–H and O–H groups in total. The fourth-order valence-corrected chi connectivity index (χ4v) is 2.49. The van der Waals surface area contributed by atoms with Gasteiger partial charge in [0.1, 0.15) is 5.75 Å². The number of methoxy groups -OCH3 is 1. The Hall–Kier alpha value is -2.86. The summed E-state index contributed by atoms with van der Waals surface area (Å²) >= 11 is 5.86. The molecule has 0 atom stereocenters. The molecule has 3 aromatic rings. The van der Waals surface area contributed by atoms with Gasteiger partial charge in [-0.05, 0) is 42.0 Å². The molecule has 0 saturated carbocycles. The number of rotatable bonds is 7. The fourth-order valence-electron chi connectivity index (χ4n) is 2.36. The highest BCUT2D eigenvalue weighted by Gasteiger charge is 2.11. The molecule has 1 amide bonds. The van der Waals surface area contributed by atoms with E-state index in [2.05, 4.69) is 15.5 Å². The van der Waals surface area contributed by atoms with Crippen molar-refractivity contribution in [3.05, 3.63) is 65.0 Å². The molecule has 0 radical (unpaired) electrons. The van der Waals surface area contributed by atoms with Crippen LogP contribution in [0.4, 0.5) is 0 Å². The summed E-state index contributed by atoms with van der Waals surface area (Å²) < 4.78 is 10.4. The molecule has 0 aliphatic carbocycles. The van der Waals surface area contributed by atoms with Gasteiger partial charge in [-0.1, -0.05) is 28.9 Å². The summed E-state index contributed by atoms with van der Waals surface area (Å²) in [6, 6.07) is 14.7. The summed E-state index contributed by atoms with van der Waals surface area (Å²) in [7, 11) is 1.61. The van der Waals surface area contributed by atoms with Crippen molar-refractivity contribution >= 4 is 17.5 Å². The van der Waals surface area contributed by atoms with E-state index < -0.39 is 0 Å². The van der Waals surface area contributed by atoms with E-state index in [4.69, 9.17) is 20.9 Å². The van der Waals surface area contributed by atoms with Gasteiger partial charge in [0.15, 0.2) is 0 Å². The maximum atomic E-state index is 12.0. The van der Waals surface area contributed by atoms with Crippen LogP contribution in [0.3, 0.4) is 0 Å². The minimum Gasteiger partial charge on any atom is -0.497 e. The molecule has 0 aliphatic rings. The molecule has 134 valence electrons. The van der Waals surface area contributed by atoms with Crippen LogP contribution in [-0.2, 0) is 17.8 Å². The number of nitrogens with one attached hydrogen (secondary N) is 1. The molecule has 0 spiro atoms. The molecule has 0 saturated heterocycles. The molecule has 7 heteroatoms. The molecule has 0 bridgehead atoms. The molecule has 2 aromatic carbocycles. The van der Waals surface area contributed by atoms with Crippen molar-refractivity contribution in [3.63, 3.8) is 0 Å². The second-order valence-electron chi connectivity index (χ2n) is 5.65. The van der Waals surface area contributed by atoms with Gasteiger partial charge in [-0.15, -0.1) is 0 Å². The van der Waals surface area contributed by atoms with Crippen LogP contribution < -0.4 is 10.1 Å². The molecule has 0 aliphatic heterocycles. The Kier molecular flexibility index (Phi) is 5.86. The van der Waals surface area contributed by atoms with E-state index in [1.54, 1.807) is 19.2 Å². The van der Waals surface area contributed by atoms with Gasteiger partial charge in [-0.3, -0.25) is 4.79 Å². The van der Waals surface area contributed by atoms with Crippen molar-refractivity contribution in [1.82, 2.24) is 15.5 Å². The summed E-state index contributed by atoms with van der Waals surface area (Å²) in [5.41, 5.74) is 1.78. The van der Waals surface area contributed by atoms with Crippen molar-refractivity contribution in [1.29, 1.82) is 0 Å². The van der Waals surface area contributed by atoms with E-state index in [1.807, 2.05) is 36.4 Å². The zero-order valence-electron chi connectivity index (χ0n) is 14.2. The van der Waals surface area contributed by atoms with Crippen molar-refractivity contribution in [3.8, 4) is 17.1 Å². The average Bonchev–Trinajstić information content (AvgIpc) is 3.14. The molecular weight excluding hydrogens is 354 g/mol. The Morgan fingerprint density at radius 3 is 2.81 bits per heavy atom. The van der Waals surface area contributed by atoms with Crippen LogP contribution in [0.25, 0.3) is 11.4 Å². The predicted octanol–water partition coefficient (Wildman–Crippen LogP) is 3.65. The lowest BCUT2D eigenvalue weighted by Crippen LogP contribution is -2.23. The number of aromatic nitrogens is 2.